The molecule has 3 aromatic heterocycles. The molecule has 1 aromatic carbocycles. The molecular weight excluding hydrogens is 679 g/mol. The van der Waals surface area contributed by atoms with Crippen LogP contribution in [0.25, 0.3) is 22.0 Å². The van der Waals surface area contributed by atoms with Gasteiger partial charge in [0.2, 0.25) is 11.8 Å². The van der Waals surface area contributed by atoms with Crippen LogP contribution in [0, 0.1) is 32.1 Å². The summed E-state index contributed by atoms with van der Waals surface area (Å²) in [5.41, 5.74) is 2.72. The van der Waals surface area contributed by atoms with E-state index in [1.165, 1.54) is 16.5 Å². The maximum atomic E-state index is 14.7. The number of terminal acetylenes is 1. The van der Waals surface area contributed by atoms with E-state index in [0.29, 0.717) is 51.2 Å². The lowest BCUT2D eigenvalue weighted by Gasteiger charge is -2.29. The Labute approximate surface area is 286 Å². The summed E-state index contributed by atoms with van der Waals surface area (Å²) in [7, 11) is 0. The number of anilines is 1. The highest BCUT2D eigenvalue weighted by molar-refractivity contribution is 9.10. The van der Waals surface area contributed by atoms with Gasteiger partial charge in [0.05, 0.1) is 11.6 Å². The van der Waals surface area contributed by atoms with Crippen LogP contribution in [-0.2, 0) is 22.8 Å². The average Bonchev–Trinajstić information content (AvgIpc) is 3.81. The lowest BCUT2D eigenvalue weighted by atomic mass is 9.98. The minimum atomic E-state index is -0.880. The second kappa shape index (κ2) is 13.9. The molecule has 0 aliphatic carbocycles. The number of pyridine rings is 1. The number of hydrogen-bond acceptors (Lipinski definition) is 8. The molecular formula is C35H36BrFN8O3. The number of aromatic nitrogens is 5. The van der Waals surface area contributed by atoms with Crippen molar-refractivity contribution in [2.75, 3.05) is 25.0 Å². The SMILES string of the molecule is C#C[C@@H]1[C@@H](CN2CCCC2)C[C@@H](C(=O)Nc2nc(Br)ccc2C)N1C(=O)Cn1nc(C(C)=O)c2cc(-c3cnc(C)nc3)cc(CF)c21. The zero-order valence-electron chi connectivity index (χ0n) is 27.0. The van der Waals surface area contributed by atoms with Gasteiger partial charge < -0.3 is 15.1 Å². The van der Waals surface area contributed by atoms with Gasteiger partial charge in [-0.1, -0.05) is 12.0 Å². The van der Waals surface area contributed by atoms with Crippen LogP contribution in [0.2, 0.25) is 0 Å². The minimum Gasteiger partial charge on any atom is -0.315 e. The summed E-state index contributed by atoms with van der Waals surface area (Å²) in [5.74, 6) is 2.44. The van der Waals surface area contributed by atoms with Crippen LogP contribution in [0.3, 0.4) is 0 Å². The van der Waals surface area contributed by atoms with Crippen LogP contribution in [0.4, 0.5) is 10.2 Å². The Balaban J connectivity index is 1.37. The van der Waals surface area contributed by atoms with Crippen molar-refractivity contribution < 1.29 is 18.8 Å². The van der Waals surface area contributed by atoms with E-state index in [2.05, 4.69) is 52.1 Å². The third-order valence-corrected chi connectivity index (χ3v) is 9.61. The van der Waals surface area contributed by atoms with Gasteiger partial charge in [-0.3, -0.25) is 19.1 Å². The van der Waals surface area contributed by atoms with Gasteiger partial charge in [-0.25, -0.2) is 19.3 Å². The number of rotatable bonds is 9. The first-order valence-electron chi connectivity index (χ1n) is 15.9. The third-order valence-electron chi connectivity index (χ3n) is 9.16. The minimum absolute atomic E-state index is 0.106. The zero-order chi connectivity index (χ0) is 34.1. The molecule has 2 aliphatic rings. The normalized spacial score (nSPS) is 19.5. The number of ketones is 1. The number of hydrogen-bond donors (Lipinski definition) is 1. The number of alkyl halides is 1. The largest absolute Gasteiger partial charge is 0.315 e. The molecule has 1 N–H and O–H groups in total. The summed E-state index contributed by atoms with van der Waals surface area (Å²) in [6, 6.07) is 5.47. The number of nitrogens with one attached hydrogen (secondary N) is 1. The highest BCUT2D eigenvalue weighted by Crippen LogP contribution is 2.35. The number of halogens is 2. The second-order valence-corrected chi connectivity index (χ2v) is 13.3. The Kier molecular flexibility index (Phi) is 9.66. The van der Waals surface area contributed by atoms with E-state index in [0.717, 1.165) is 31.5 Å². The molecule has 2 amide bonds. The number of carbonyl (C=O) groups is 3. The maximum absolute atomic E-state index is 14.7. The van der Waals surface area contributed by atoms with Crippen molar-refractivity contribution in [1.29, 1.82) is 0 Å². The summed E-state index contributed by atoms with van der Waals surface area (Å²) < 4.78 is 16.6. The predicted octanol–water partition coefficient (Wildman–Crippen LogP) is 4.89. The highest BCUT2D eigenvalue weighted by atomic mass is 79.9. The third kappa shape index (κ3) is 6.59. The van der Waals surface area contributed by atoms with Crippen LogP contribution in [0.1, 0.15) is 53.6 Å². The van der Waals surface area contributed by atoms with Crippen molar-refractivity contribution in [1.82, 2.24) is 34.5 Å². The molecule has 2 aliphatic heterocycles. The Bertz CT molecular complexity index is 1930. The van der Waals surface area contributed by atoms with E-state index in [1.54, 1.807) is 37.5 Å². The number of carbonyl (C=O) groups excluding carboxylic acids is 3. The topological polar surface area (TPSA) is 126 Å². The summed E-state index contributed by atoms with van der Waals surface area (Å²) in [5, 5.41) is 7.84. The molecule has 0 unspecified atom stereocenters. The van der Waals surface area contributed by atoms with Gasteiger partial charge in [0, 0.05) is 48.3 Å². The van der Waals surface area contributed by atoms with E-state index in [1.807, 2.05) is 13.0 Å². The molecule has 2 saturated heterocycles. The lowest BCUT2D eigenvalue weighted by Crippen LogP contribution is -2.48. The first-order valence-corrected chi connectivity index (χ1v) is 16.7. The lowest BCUT2D eigenvalue weighted by molar-refractivity contribution is -0.138. The summed E-state index contributed by atoms with van der Waals surface area (Å²) in [6.45, 7) is 6.30. The average molecular weight is 716 g/mol. The van der Waals surface area contributed by atoms with Crippen LogP contribution in [-0.4, -0.2) is 83.8 Å². The van der Waals surface area contributed by atoms with E-state index in [4.69, 9.17) is 6.42 Å². The Morgan fingerprint density at radius 3 is 2.50 bits per heavy atom. The van der Waals surface area contributed by atoms with Gasteiger partial charge in [-0.05, 0) is 91.5 Å². The predicted molar refractivity (Wildman–Crippen MR) is 183 cm³/mol. The number of fused-ring (bicyclic) bond motifs is 1. The van der Waals surface area contributed by atoms with E-state index in [-0.39, 0.29) is 29.5 Å². The molecule has 248 valence electrons. The molecule has 4 aromatic rings. The van der Waals surface area contributed by atoms with Crippen molar-refractivity contribution in [3.63, 3.8) is 0 Å². The van der Waals surface area contributed by atoms with Gasteiger partial charge in [-0.2, -0.15) is 5.10 Å². The number of amides is 2. The van der Waals surface area contributed by atoms with Crippen molar-refractivity contribution in [2.45, 2.75) is 65.3 Å². The Morgan fingerprint density at radius 2 is 1.83 bits per heavy atom. The molecule has 48 heavy (non-hydrogen) atoms. The smallest absolute Gasteiger partial charge is 0.248 e. The first kappa shape index (κ1) is 33.4. The van der Waals surface area contributed by atoms with E-state index >= 15 is 0 Å². The van der Waals surface area contributed by atoms with Crippen molar-refractivity contribution >= 4 is 50.2 Å². The molecule has 0 spiro atoms. The van der Waals surface area contributed by atoms with Crippen molar-refractivity contribution in [3.8, 4) is 23.5 Å². The van der Waals surface area contributed by atoms with E-state index in [9.17, 15) is 18.8 Å². The van der Waals surface area contributed by atoms with Gasteiger partial charge in [0.15, 0.2) is 5.78 Å². The van der Waals surface area contributed by atoms with Crippen LogP contribution in [0.15, 0.2) is 41.3 Å². The fourth-order valence-electron chi connectivity index (χ4n) is 6.83. The second-order valence-electron chi connectivity index (χ2n) is 12.5. The molecule has 5 heterocycles. The van der Waals surface area contributed by atoms with Gasteiger partial charge in [0.1, 0.15) is 41.2 Å². The Morgan fingerprint density at radius 1 is 1.10 bits per heavy atom. The molecule has 11 nitrogen and oxygen atoms in total. The van der Waals surface area contributed by atoms with Crippen LogP contribution in [0.5, 0.6) is 0 Å². The fourth-order valence-corrected chi connectivity index (χ4v) is 7.14. The number of nitrogens with zero attached hydrogens (tertiary/aromatic N) is 7. The molecule has 3 atom stereocenters. The quantitative estimate of drug-likeness (QED) is 0.148. The van der Waals surface area contributed by atoms with Gasteiger partial charge in [0.25, 0.3) is 0 Å². The van der Waals surface area contributed by atoms with Crippen molar-refractivity contribution in [3.05, 3.63) is 63.9 Å². The summed E-state index contributed by atoms with van der Waals surface area (Å²) in [6.07, 6.45) is 11.9. The number of Topliss-reactive ketones (excluding diaryl/α,β-unsaturated/α-hetero) is 1. The number of benzene rings is 1. The molecule has 13 heteroatoms. The van der Waals surface area contributed by atoms with Crippen molar-refractivity contribution in [2.24, 2.45) is 5.92 Å². The zero-order valence-corrected chi connectivity index (χ0v) is 28.6. The fraction of sp³-hybridized carbons (Fsp3) is 0.400. The summed E-state index contributed by atoms with van der Waals surface area (Å²) in [4.78, 5) is 57.8. The van der Waals surface area contributed by atoms with Crippen LogP contribution >= 0.6 is 15.9 Å². The molecule has 0 radical (unpaired) electrons. The molecule has 0 bridgehead atoms. The standard InChI is InChI=1S/C35H36BrFN8O3/c1-5-28-25(18-43-10-6-7-11-43)14-29(35(48)41-34-20(2)8-9-30(36)40-34)45(28)31(47)19-44-33-24(15-37)12-23(26-16-38-22(4)39-17-26)13-27(33)32(42-44)21(3)46/h1,8-9,12-13,16-17,25,28-29H,6-7,10-11,14-15,18-19H2,2-4H3,(H,40,41,48)/t25-,28-,29+/m1/s1. The van der Waals surface area contributed by atoms with Gasteiger partial charge >= 0.3 is 0 Å². The molecule has 0 saturated carbocycles. The van der Waals surface area contributed by atoms with Crippen LogP contribution < -0.4 is 5.32 Å². The highest BCUT2D eigenvalue weighted by Gasteiger charge is 2.47. The monoisotopic (exact) mass is 714 g/mol. The molecule has 6 rings (SSSR count). The number of aryl methyl sites for hydroxylation is 2. The summed E-state index contributed by atoms with van der Waals surface area (Å²) >= 11 is 3.36. The maximum Gasteiger partial charge on any atom is 0.248 e. The van der Waals surface area contributed by atoms with E-state index < -0.39 is 30.6 Å². The number of likely N-dealkylation sites (tertiary alicyclic amines) is 2. The Hall–Kier alpha value is -4.54. The first-order chi connectivity index (χ1) is 23.1. The van der Waals surface area contributed by atoms with Gasteiger partial charge in [-0.15, -0.1) is 6.42 Å². The molecule has 2 fully saturated rings.